The number of methoxy groups -OCH3 is 1. The average molecular weight is 380 g/mol. The van der Waals surface area contributed by atoms with Crippen molar-refractivity contribution in [1.29, 1.82) is 0 Å². The maximum absolute atomic E-state index is 13.8. The molecule has 0 saturated carbocycles. The number of benzene rings is 2. The van der Waals surface area contributed by atoms with Crippen LogP contribution < -0.4 is 14.8 Å². The van der Waals surface area contributed by atoms with E-state index in [4.69, 9.17) is 21.1 Å². The van der Waals surface area contributed by atoms with E-state index in [-0.39, 0.29) is 12.4 Å². The Morgan fingerprint density at radius 1 is 1.08 bits per heavy atom. The third kappa shape index (κ3) is 6.19. The molecule has 0 aromatic heterocycles. The second-order valence-corrected chi connectivity index (χ2v) is 6.62. The van der Waals surface area contributed by atoms with E-state index < -0.39 is 0 Å². The highest BCUT2D eigenvalue weighted by atomic mass is 35.5. The Balaban J connectivity index is 1.91. The van der Waals surface area contributed by atoms with Gasteiger partial charge in [-0.1, -0.05) is 49.9 Å². The zero-order valence-corrected chi connectivity index (χ0v) is 16.2. The standard InChI is InChI=1S/C21H27ClFNO2/c1-3-4-5-6-12-24-14-16-10-11-20(21(13-16)25-2)26-15-17-18(22)8-7-9-19(17)23/h7-11,13,24H,3-6,12,14-15H2,1-2H3. The Morgan fingerprint density at radius 3 is 2.65 bits per heavy atom. The summed E-state index contributed by atoms with van der Waals surface area (Å²) in [6.07, 6.45) is 4.98. The Labute approximate surface area is 160 Å². The molecule has 0 bridgehead atoms. The minimum Gasteiger partial charge on any atom is -0.493 e. The molecule has 142 valence electrons. The van der Waals surface area contributed by atoms with Crippen molar-refractivity contribution in [2.75, 3.05) is 13.7 Å². The highest BCUT2D eigenvalue weighted by Gasteiger charge is 2.11. The fourth-order valence-corrected chi connectivity index (χ4v) is 2.89. The molecule has 2 rings (SSSR count). The first kappa shape index (κ1) is 20.5. The van der Waals surface area contributed by atoms with Crippen molar-refractivity contribution in [2.24, 2.45) is 0 Å². The monoisotopic (exact) mass is 379 g/mol. The van der Waals surface area contributed by atoms with Gasteiger partial charge in [0.15, 0.2) is 11.5 Å². The molecule has 0 aliphatic heterocycles. The molecule has 0 saturated heterocycles. The molecule has 0 amide bonds. The van der Waals surface area contributed by atoms with Crippen molar-refractivity contribution in [3.05, 3.63) is 58.4 Å². The minimum atomic E-state index is -0.375. The van der Waals surface area contributed by atoms with E-state index >= 15 is 0 Å². The maximum Gasteiger partial charge on any atom is 0.161 e. The molecule has 0 fully saturated rings. The normalized spacial score (nSPS) is 10.8. The Morgan fingerprint density at radius 2 is 1.92 bits per heavy atom. The fraction of sp³-hybridized carbons (Fsp3) is 0.429. The average Bonchev–Trinajstić information content (AvgIpc) is 2.64. The van der Waals surface area contributed by atoms with Gasteiger partial charge in [-0.05, 0) is 42.8 Å². The van der Waals surface area contributed by atoms with Gasteiger partial charge in [0.25, 0.3) is 0 Å². The molecule has 26 heavy (non-hydrogen) atoms. The van der Waals surface area contributed by atoms with Crippen molar-refractivity contribution in [2.45, 2.75) is 45.8 Å². The van der Waals surface area contributed by atoms with Gasteiger partial charge < -0.3 is 14.8 Å². The number of rotatable bonds is 11. The first-order valence-corrected chi connectivity index (χ1v) is 9.46. The molecule has 0 aliphatic carbocycles. The molecule has 3 nitrogen and oxygen atoms in total. The number of hydrogen-bond donors (Lipinski definition) is 1. The van der Waals surface area contributed by atoms with Gasteiger partial charge in [-0.2, -0.15) is 0 Å². The summed E-state index contributed by atoms with van der Waals surface area (Å²) in [5, 5.41) is 3.80. The van der Waals surface area contributed by atoms with E-state index in [0.717, 1.165) is 18.7 Å². The van der Waals surface area contributed by atoms with Crippen molar-refractivity contribution in [1.82, 2.24) is 5.32 Å². The number of hydrogen-bond acceptors (Lipinski definition) is 3. The van der Waals surface area contributed by atoms with Crippen LogP contribution in [0.5, 0.6) is 11.5 Å². The van der Waals surface area contributed by atoms with Crippen LogP contribution in [0.15, 0.2) is 36.4 Å². The summed E-state index contributed by atoms with van der Waals surface area (Å²) in [5.41, 5.74) is 1.46. The molecule has 2 aromatic rings. The van der Waals surface area contributed by atoms with Crippen molar-refractivity contribution in [3.8, 4) is 11.5 Å². The Kier molecular flexibility index (Phi) is 8.72. The van der Waals surface area contributed by atoms with E-state index in [1.165, 1.54) is 31.7 Å². The molecule has 2 aromatic carbocycles. The predicted octanol–water partition coefficient (Wildman–Crippen LogP) is 5.74. The van der Waals surface area contributed by atoms with E-state index in [1.807, 2.05) is 18.2 Å². The third-order valence-corrected chi connectivity index (χ3v) is 4.55. The summed E-state index contributed by atoms with van der Waals surface area (Å²) in [5.74, 6) is 0.821. The van der Waals surface area contributed by atoms with Crippen molar-refractivity contribution in [3.63, 3.8) is 0 Å². The van der Waals surface area contributed by atoms with Gasteiger partial charge in [0.05, 0.1) is 12.1 Å². The zero-order chi connectivity index (χ0) is 18.8. The Hall–Kier alpha value is -1.78. The van der Waals surface area contributed by atoms with Crippen LogP contribution >= 0.6 is 11.6 Å². The van der Waals surface area contributed by atoms with Crippen molar-refractivity contribution >= 4 is 11.6 Å². The third-order valence-electron chi connectivity index (χ3n) is 4.20. The molecule has 1 N–H and O–H groups in total. The summed E-state index contributed by atoms with van der Waals surface area (Å²) in [7, 11) is 1.60. The molecule has 0 radical (unpaired) electrons. The van der Waals surface area contributed by atoms with Gasteiger partial charge in [-0.25, -0.2) is 4.39 Å². The first-order chi connectivity index (χ1) is 12.7. The highest BCUT2D eigenvalue weighted by Crippen LogP contribution is 2.30. The molecular weight excluding hydrogens is 353 g/mol. The van der Waals surface area contributed by atoms with Gasteiger partial charge in [0.1, 0.15) is 12.4 Å². The van der Waals surface area contributed by atoms with Crippen LogP contribution in [-0.2, 0) is 13.2 Å². The van der Waals surface area contributed by atoms with E-state index in [0.29, 0.717) is 22.1 Å². The molecule has 0 unspecified atom stereocenters. The quantitative estimate of drug-likeness (QED) is 0.505. The first-order valence-electron chi connectivity index (χ1n) is 9.09. The lowest BCUT2D eigenvalue weighted by Crippen LogP contribution is -2.14. The largest absolute Gasteiger partial charge is 0.493 e. The van der Waals surface area contributed by atoms with Crippen LogP contribution in [0.4, 0.5) is 4.39 Å². The lowest BCUT2D eigenvalue weighted by Gasteiger charge is -2.13. The molecule has 0 atom stereocenters. The number of halogens is 2. The van der Waals surface area contributed by atoms with Crippen molar-refractivity contribution < 1.29 is 13.9 Å². The smallest absolute Gasteiger partial charge is 0.161 e. The van der Waals surface area contributed by atoms with Gasteiger partial charge in [0, 0.05) is 12.1 Å². The second kappa shape index (κ2) is 11.0. The summed E-state index contributed by atoms with van der Waals surface area (Å²) in [6.45, 7) is 4.05. The lowest BCUT2D eigenvalue weighted by atomic mass is 10.2. The van der Waals surface area contributed by atoms with Gasteiger partial charge in [-0.15, -0.1) is 0 Å². The molecule has 0 spiro atoms. The van der Waals surface area contributed by atoms with E-state index in [1.54, 1.807) is 19.2 Å². The van der Waals surface area contributed by atoms with Crippen LogP contribution in [0.1, 0.15) is 43.7 Å². The number of nitrogens with one attached hydrogen (secondary N) is 1. The highest BCUT2D eigenvalue weighted by molar-refractivity contribution is 6.31. The van der Waals surface area contributed by atoms with Crippen LogP contribution in [0.2, 0.25) is 5.02 Å². The lowest BCUT2D eigenvalue weighted by molar-refractivity contribution is 0.279. The summed E-state index contributed by atoms with van der Waals surface area (Å²) in [4.78, 5) is 0. The molecular formula is C21H27ClFNO2. The van der Waals surface area contributed by atoms with Gasteiger partial charge in [-0.3, -0.25) is 0 Å². The predicted molar refractivity (Wildman–Crippen MR) is 105 cm³/mol. The zero-order valence-electron chi connectivity index (χ0n) is 15.5. The summed E-state index contributed by atoms with van der Waals surface area (Å²) in [6, 6.07) is 10.4. The van der Waals surface area contributed by atoms with Gasteiger partial charge >= 0.3 is 0 Å². The number of ether oxygens (including phenoxy) is 2. The van der Waals surface area contributed by atoms with Crippen LogP contribution in [0.3, 0.4) is 0 Å². The molecule has 5 heteroatoms. The summed E-state index contributed by atoms with van der Waals surface area (Å²) >= 11 is 6.04. The summed E-state index contributed by atoms with van der Waals surface area (Å²) < 4.78 is 25.0. The SMILES string of the molecule is CCCCCCNCc1ccc(OCc2c(F)cccc2Cl)c(OC)c1. The van der Waals surface area contributed by atoms with E-state index in [2.05, 4.69) is 12.2 Å². The topological polar surface area (TPSA) is 30.5 Å². The molecule has 0 aliphatic rings. The van der Waals surface area contributed by atoms with Crippen LogP contribution in [0, 0.1) is 5.82 Å². The van der Waals surface area contributed by atoms with Crippen LogP contribution in [-0.4, -0.2) is 13.7 Å². The number of unbranched alkanes of at least 4 members (excludes halogenated alkanes) is 3. The van der Waals surface area contributed by atoms with E-state index in [9.17, 15) is 4.39 Å². The minimum absolute atomic E-state index is 0.0525. The second-order valence-electron chi connectivity index (χ2n) is 6.21. The molecule has 0 heterocycles. The maximum atomic E-state index is 13.8. The fourth-order valence-electron chi connectivity index (χ4n) is 2.67. The van der Waals surface area contributed by atoms with Crippen LogP contribution in [0.25, 0.3) is 0 Å². The Bertz CT molecular complexity index is 673. The van der Waals surface area contributed by atoms with Gasteiger partial charge in [0.2, 0.25) is 0 Å².